The number of hydrogen-bond acceptors (Lipinski definition) is 4. The molecule has 2 aromatic heterocycles. The minimum atomic E-state index is -0.363. The lowest BCUT2D eigenvalue weighted by Gasteiger charge is -2.40. The molecular formula is C15H18ClN3O. The molecule has 0 aromatic carbocycles. The summed E-state index contributed by atoms with van der Waals surface area (Å²) >= 11 is 0. The molecule has 0 radical (unpaired) electrons. The molecule has 0 bridgehead atoms. The van der Waals surface area contributed by atoms with Crippen molar-refractivity contribution < 1.29 is 5.11 Å². The topological polar surface area (TPSA) is 49.2 Å². The molecule has 1 aliphatic rings. The lowest BCUT2D eigenvalue weighted by atomic mass is 9.93. The Morgan fingerprint density at radius 2 is 1.90 bits per heavy atom. The number of hydrogen-bond donors (Lipinski definition) is 1. The van der Waals surface area contributed by atoms with Gasteiger partial charge in [0.25, 0.3) is 0 Å². The van der Waals surface area contributed by atoms with Crippen molar-refractivity contribution in [2.45, 2.75) is 25.0 Å². The zero-order valence-corrected chi connectivity index (χ0v) is 11.9. The number of nitrogens with zero attached hydrogens (tertiary/aromatic N) is 3. The predicted octanol–water partition coefficient (Wildman–Crippen LogP) is 2.60. The number of rotatable bonds is 2. The SMILES string of the molecule is Cl.OC1CCCN(c2ccccn2)C1c1ccncc1. The third-order valence-corrected chi connectivity index (χ3v) is 3.59. The number of piperidine rings is 1. The van der Waals surface area contributed by atoms with Crippen LogP contribution in [0.4, 0.5) is 5.82 Å². The minimum absolute atomic E-state index is 0. The van der Waals surface area contributed by atoms with Gasteiger partial charge in [0.2, 0.25) is 0 Å². The van der Waals surface area contributed by atoms with E-state index in [1.165, 1.54) is 0 Å². The van der Waals surface area contributed by atoms with E-state index in [1.54, 1.807) is 18.6 Å². The number of halogens is 1. The van der Waals surface area contributed by atoms with Crippen LogP contribution in [0.3, 0.4) is 0 Å². The molecule has 0 amide bonds. The Morgan fingerprint density at radius 1 is 1.10 bits per heavy atom. The molecule has 0 spiro atoms. The number of anilines is 1. The largest absolute Gasteiger partial charge is 0.391 e. The van der Waals surface area contributed by atoms with Crippen LogP contribution in [-0.4, -0.2) is 27.7 Å². The van der Waals surface area contributed by atoms with Gasteiger partial charge < -0.3 is 10.0 Å². The molecule has 2 unspecified atom stereocenters. The van der Waals surface area contributed by atoms with Crippen LogP contribution in [0.15, 0.2) is 48.9 Å². The van der Waals surface area contributed by atoms with E-state index in [0.717, 1.165) is 30.8 Å². The first kappa shape index (κ1) is 14.8. The van der Waals surface area contributed by atoms with Gasteiger partial charge in [0.1, 0.15) is 5.82 Å². The highest BCUT2D eigenvalue weighted by Gasteiger charge is 2.32. The maximum atomic E-state index is 10.4. The van der Waals surface area contributed by atoms with Gasteiger partial charge in [-0.2, -0.15) is 0 Å². The lowest BCUT2D eigenvalue weighted by Crippen LogP contribution is -2.42. The van der Waals surface area contributed by atoms with Crippen LogP contribution in [0.25, 0.3) is 0 Å². The third kappa shape index (κ3) is 2.92. The summed E-state index contributed by atoms with van der Waals surface area (Å²) in [7, 11) is 0. The molecule has 2 atom stereocenters. The van der Waals surface area contributed by atoms with E-state index in [4.69, 9.17) is 0 Å². The van der Waals surface area contributed by atoms with Crippen molar-refractivity contribution in [2.75, 3.05) is 11.4 Å². The molecule has 1 aliphatic heterocycles. The predicted molar refractivity (Wildman–Crippen MR) is 81.0 cm³/mol. The molecule has 1 N–H and O–H groups in total. The number of pyridine rings is 2. The highest BCUT2D eigenvalue weighted by Crippen LogP contribution is 2.33. The van der Waals surface area contributed by atoms with Gasteiger partial charge in [0, 0.05) is 25.1 Å². The van der Waals surface area contributed by atoms with E-state index >= 15 is 0 Å². The maximum absolute atomic E-state index is 10.4. The number of aliphatic hydroxyl groups excluding tert-OH is 1. The van der Waals surface area contributed by atoms with Gasteiger partial charge in [-0.3, -0.25) is 4.98 Å². The third-order valence-electron chi connectivity index (χ3n) is 3.59. The van der Waals surface area contributed by atoms with Gasteiger partial charge in [-0.15, -0.1) is 12.4 Å². The van der Waals surface area contributed by atoms with Crippen molar-refractivity contribution in [1.82, 2.24) is 9.97 Å². The minimum Gasteiger partial charge on any atom is -0.391 e. The second-order valence-electron chi connectivity index (χ2n) is 4.82. The molecule has 3 heterocycles. The fraction of sp³-hybridized carbons (Fsp3) is 0.333. The van der Waals surface area contributed by atoms with Crippen LogP contribution in [0.2, 0.25) is 0 Å². The maximum Gasteiger partial charge on any atom is 0.129 e. The smallest absolute Gasteiger partial charge is 0.129 e. The van der Waals surface area contributed by atoms with Crippen molar-refractivity contribution in [3.8, 4) is 0 Å². The van der Waals surface area contributed by atoms with Gasteiger partial charge >= 0.3 is 0 Å². The molecule has 1 fully saturated rings. The second kappa shape index (κ2) is 6.68. The van der Waals surface area contributed by atoms with E-state index < -0.39 is 0 Å². The summed E-state index contributed by atoms with van der Waals surface area (Å²) in [5, 5.41) is 10.4. The second-order valence-corrected chi connectivity index (χ2v) is 4.82. The summed E-state index contributed by atoms with van der Waals surface area (Å²) < 4.78 is 0. The van der Waals surface area contributed by atoms with Crippen molar-refractivity contribution in [3.63, 3.8) is 0 Å². The van der Waals surface area contributed by atoms with Crippen LogP contribution < -0.4 is 4.90 Å². The fourth-order valence-electron chi connectivity index (χ4n) is 2.72. The Balaban J connectivity index is 0.00000147. The van der Waals surface area contributed by atoms with E-state index in [9.17, 15) is 5.11 Å². The summed E-state index contributed by atoms with van der Waals surface area (Å²) in [6.07, 6.45) is 6.79. The summed E-state index contributed by atoms with van der Waals surface area (Å²) in [4.78, 5) is 10.6. The monoisotopic (exact) mass is 291 g/mol. The van der Waals surface area contributed by atoms with E-state index in [-0.39, 0.29) is 24.6 Å². The number of aliphatic hydroxyl groups is 1. The fourth-order valence-corrected chi connectivity index (χ4v) is 2.72. The van der Waals surface area contributed by atoms with Gasteiger partial charge in [0.15, 0.2) is 0 Å². The van der Waals surface area contributed by atoms with Gasteiger partial charge in [-0.05, 0) is 42.7 Å². The molecule has 4 nitrogen and oxygen atoms in total. The standard InChI is InChI=1S/C15H17N3O.ClH/c19-13-4-3-11-18(14-5-1-2-8-17-14)15(13)12-6-9-16-10-7-12;/h1-2,5-10,13,15,19H,3-4,11H2;1H. The molecule has 0 aliphatic carbocycles. The van der Waals surface area contributed by atoms with Crippen LogP contribution in [0, 0.1) is 0 Å². The van der Waals surface area contributed by atoms with Crippen molar-refractivity contribution >= 4 is 18.2 Å². The van der Waals surface area contributed by atoms with Crippen molar-refractivity contribution in [3.05, 3.63) is 54.5 Å². The van der Waals surface area contributed by atoms with Crippen LogP contribution in [0.1, 0.15) is 24.4 Å². The summed E-state index contributed by atoms with van der Waals surface area (Å²) in [6.45, 7) is 0.918. The first-order valence-electron chi connectivity index (χ1n) is 6.62. The highest BCUT2D eigenvalue weighted by molar-refractivity contribution is 5.85. The lowest BCUT2D eigenvalue weighted by molar-refractivity contribution is 0.112. The van der Waals surface area contributed by atoms with Gasteiger partial charge in [-0.25, -0.2) is 4.98 Å². The average molecular weight is 292 g/mol. The average Bonchev–Trinajstić information content (AvgIpc) is 2.49. The zero-order valence-electron chi connectivity index (χ0n) is 11.1. The molecule has 106 valence electrons. The molecule has 0 saturated carbocycles. The van der Waals surface area contributed by atoms with Crippen molar-refractivity contribution in [1.29, 1.82) is 0 Å². The molecule has 1 saturated heterocycles. The molecule has 5 heteroatoms. The Hall–Kier alpha value is -1.65. The quantitative estimate of drug-likeness (QED) is 0.924. The molecular weight excluding hydrogens is 274 g/mol. The number of aromatic nitrogens is 2. The Bertz CT molecular complexity index is 523. The summed E-state index contributed by atoms with van der Waals surface area (Å²) in [6, 6.07) is 9.78. The zero-order chi connectivity index (χ0) is 13.1. The van der Waals surface area contributed by atoms with E-state index in [0.29, 0.717) is 0 Å². The van der Waals surface area contributed by atoms with Crippen LogP contribution in [-0.2, 0) is 0 Å². The Morgan fingerprint density at radius 3 is 2.60 bits per heavy atom. The molecule has 20 heavy (non-hydrogen) atoms. The van der Waals surface area contributed by atoms with E-state index in [1.807, 2.05) is 30.3 Å². The first-order valence-corrected chi connectivity index (χ1v) is 6.62. The first-order chi connectivity index (χ1) is 9.36. The highest BCUT2D eigenvalue weighted by atomic mass is 35.5. The molecule has 3 rings (SSSR count). The molecule has 2 aromatic rings. The van der Waals surface area contributed by atoms with Crippen LogP contribution >= 0.6 is 12.4 Å². The van der Waals surface area contributed by atoms with E-state index in [2.05, 4.69) is 14.9 Å². The van der Waals surface area contributed by atoms with Crippen molar-refractivity contribution in [2.24, 2.45) is 0 Å². The van der Waals surface area contributed by atoms with Crippen LogP contribution in [0.5, 0.6) is 0 Å². The van der Waals surface area contributed by atoms with Gasteiger partial charge in [-0.1, -0.05) is 6.07 Å². The summed E-state index contributed by atoms with van der Waals surface area (Å²) in [5.74, 6) is 0.920. The van der Waals surface area contributed by atoms with Gasteiger partial charge in [0.05, 0.1) is 12.1 Å². The summed E-state index contributed by atoms with van der Waals surface area (Å²) in [5.41, 5.74) is 1.09. The Labute approximate surface area is 124 Å². The normalized spacial score (nSPS) is 22.1. The Kier molecular flexibility index (Phi) is 4.93.